The molecule has 1 rings (SSSR count). The summed E-state index contributed by atoms with van der Waals surface area (Å²) in [6.45, 7) is 4.39. The van der Waals surface area contributed by atoms with Crippen LogP contribution in [-0.2, 0) is 4.79 Å². The molecule has 0 aliphatic carbocycles. The van der Waals surface area contributed by atoms with Gasteiger partial charge in [-0.25, -0.2) is 0 Å². The quantitative estimate of drug-likeness (QED) is 0.342. The van der Waals surface area contributed by atoms with E-state index in [0.717, 1.165) is 12.8 Å². The molecule has 1 amide bonds. The number of nitrogens with one attached hydrogen (secondary N) is 1. The van der Waals surface area contributed by atoms with Gasteiger partial charge in [-0.3, -0.25) is 4.79 Å². The van der Waals surface area contributed by atoms with E-state index in [0.29, 0.717) is 6.42 Å². The number of carbonyl (C=O) groups is 1. The molecule has 0 saturated heterocycles. The number of hydrogen-bond donors (Lipinski definition) is 1. The van der Waals surface area contributed by atoms with Gasteiger partial charge in [0.2, 0.25) is 5.91 Å². The smallest absolute Gasteiger partial charge is 0.220 e. The van der Waals surface area contributed by atoms with Gasteiger partial charge in [0.15, 0.2) is 0 Å². The van der Waals surface area contributed by atoms with Crippen molar-refractivity contribution in [1.82, 2.24) is 5.32 Å². The van der Waals surface area contributed by atoms with E-state index in [2.05, 4.69) is 31.3 Å². The third-order valence-electron chi connectivity index (χ3n) is 4.95. The molecule has 0 spiro atoms. The van der Waals surface area contributed by atoms with Gasteiger partial charge in [0.05, 0.1) is 6.04 Å². The summed E-state index contributed by atoms with van der Waals surface area (Å²) >= 11 is 0. The molecule has 0 aliphatic heterocycles. The van der Waals surface area contributed by atoms with Crippen molar-refractivity contribution in [3.05, 3.63) is 35.9 Å². The largest absolute Gasteiger partial charge is 0.349 e. The lowest BCUT2D eigenvalue weighted by atomic mass is 10.0. The normalized spacial score (nSPS) is 12.1. The Morgan fingerprint density at radius 3 is 1.84 bits per heavy atom. The van der Waals surface area contributed by atoms with E-state index in [9.17, 15) is 4.79 Å². The lowest BCUT2D eigenvalue weighted by Gasteiger charge is -2.17. The fourth-order valence-electron chi connectivity index (χ4n) is 3.32. The Morgan fingerprint density at radius 2 is 1.32 bits per heavy atom. The van der Waals surface area contributed by atoms with Crippen molar-refractivity contribution in [2.45, 2.75) is 103 Å². The van der Waals surface area contributed by atoms with Crippen molar-refractivity contribution < 1.29 is 4.79 Å². The monoisotopic (exact) mass is 345 g/mol. The minimum absolute atomic E-state index is 0.154. The van der Waals surface area contributed by atoms with Gasteiger partial charge in [0, 0.05) is 6.42 Å². The number of amides is 1. The second-order valence-electron chi connectivity index (χ2n) is 7.22. The molecule has 0 bridgehead atoms. The lowest BCUT2D eigenvalue weighted by molar-refractivity contribution is -0.122. The van der Waals surface area contributed by atoms with Crippen LogP contribution in [0.3, 0.4) is 0 Å². The highest BCUT2D eigenvalue weighted by atomic mass is 16.1. The summed E-state index contributed by atoms with van der Waals surface area (Å²) in [6, 6.07) is 10.4. The summed E-state index contributed by atoms with van der Waals surface area (Å²) < 4.78 is 0. The van der Waals surface area contributed by atoms with Crippen molar-refractivity contribution >= 4 is 5.91 Å². The second kappa shape index (κ2) is 15.0. The molecular formula is C23H39NO. The van der Waals surface area contributed by atoms with Crippen LogP contribution in [0.5, 0.6) is 0 Å². The Bertz CT molecular complexity index is 429. The molecule has 2 heteroatoms. The first kappa shape index (κ1) is 21.7. The second-order valence-corrected chi connectivity index (χ2v) is 7.22. The van der Waals surface area contributed by atoms with E-state index in [1.807, 2.05) is 18.2 Å². The number of hydrogen-bond acceptors (Lipinski definition) is 1. The summed E-state index contributed by atoms with van der Waals surface area (Å²) in [5, 5.41) is 3.18. The van der Waals surface area contributed by atoms with Crippen molar-refractivity contribution in [3.8, 4) is 0 Å². The fourth-order valence-corrected chi connectivity index (χ4v) is 3.32. The minimum Gasteiger partial charge on any atom is -0.349 e. The van der Waals surface area contributed by atoms with Crippen LogP contribution in [0.25, 0.3) is 0 Å². The summed E-state index contributed by atoms with van der Waals surface area (Å²) in [5.74, 6) is 0.201. The van der Waals surface area contributed by atoms with Crippen LogP contribution in [0.15, 0.2) is 30.3 Å². The van der Waals surface area contributed by atoms with E-state index in [1.54, 1.807) is 0 Å². The SMILES string of the molecule is CCCCCCCCCCCCCC(=O)NC(CC)c1ccccc1. The zero-order valence-corrected chi connectivity index (χ0v) is 16.6. The molecule has 0 fully saturated rings. The van der Waals surface area contributed by atoms with E-state index in [1.165, 1.54) is 69.8 Å². The molecule has 1 N–H and O–H groups in total. The van der Waals surface area contributed by atoms with Gasteiger partial charge in [0.1, 0.15) is 0 Å². The Kier molecular flexibility index (Phi) is 13.0. The van der Waals surface area contributed by atoms with Crippen LogP contribution in [0, 0.1) is 0 Å². The highest BCUT2D eigenvalue weighted by Gasteiger charge is 2.11. The Morgan fingerprint density at radius 1 is 0.800 bits per heavy atom. The van der Waals surface area contributed by atoms with Crippen molar-refractivity contribution in [1.29, 1.82) is 0 Å². The first-order valence-electron chi connectivity index (χ1n) is 10.6. The van der Waals surface area contributed by atoms with Crippen LogP contribution >= 0.6 is 0 Å². The van der Waals surface area contributed by atoms with E-state index in [4.69, 9.17) is 0 Å². The van der Waals surface area contributed by atoms with Crippen LogP contribution in [0.4, 0.5) is 0 Å². The summed E-state index contributed by atoms with van der Waals surface area (Å²) in [4.78, 5) is 12.1. The van der Waals surface area contributed by atoms with Gasteiger partial charge < -0.3 is 5.32 Å². The van der Waals surface area contributed by atoms with Gasteiger partial charge in [-0.05, 0) is 18.4 Å². The zero-order chi connectivity index (χ0) is 18.2. The van der Waals surface area contributed by atoms with Gasteiger partial charge in [-0.1, -0.05) is 108 Å². The Labute approximate surface area is 155 Å². The lowest BCUT2D eigenvalue weighted by Crippen LogP contribution is -2.27. The van der Waals surface area contributed by atoms with Crippen LogP contribution in [0.1, 0.15) is 109 Å². The van der Waals surface area contributed by atoms with E-state index in [-0.39, 0.29) is 11.9 Å². The highest BCUT2D eigenvalue weighted by Crippen LogP contribution is 2.17. The molecule has 2 nitrogen and oxygen atoms in total. The van der Waals surface area contributed by atoms with Crippen molar-refractivity contribution in [2.75, 3.05) is 0 Å². The Balaban J connectivity index is 2.00. The van der Waals surface area contributed by atoms with Gasteiger partial charge >= 0.3 is 0 Å². The number of carbonyl (C=O) groups excluding carboxylic acids is 1. The maximum absolute atomic E-state index is 12.1. The Hall–Kier alpha value is -1.31. The molecule has 0 saturated carbocycles. The molecule has 1 aromatic rings. The maximum atomic E-state index is 12.1. The van der Waals surface area contributed by atoms with E-state index >= 15 is 0 Å². The molecule has 0 radical (unpaired) electrons. The standard InChI is InChI=1S/C23H39NO/c1-3-5-6-7-8-9-10-11-12-13-17-20-23(25)24-22(4-2)21-18-15-14-16-19-21/h14-16,18-19,22H,3-13,17,20H2,1-2H3,(H,24,25). The zero-order valence-electron chi connectivity index (χ0n) is 16.6. The first-order valence-corrected chi connectivity index (χ1v) is 10.6. The van der Waals surface area contributed by atoms with Crippen molar-refractivity contribution in [2.24, 2.45) is 0 Å². The molecule has 1 unspecified atom stereocenters. The summed E-state index contributed by atoms with van der Waals surface area (Å²) in [7, 11) is 0. The maximum Gasteiger partial charge on any atom is 0.220 e. The molecule has 1 atom stereocenters. The predicted octanol–water partition coefficient (Wildman–Crippen LogP) is 6.96. The fraction of sp³-hybridized carbons (Fsp3) is 0.696. The van der Waals surface area contributed by atoms with Crippen LogP contribution < -0.4 is 5.32 Å². The highest BCUT2D eigenvalue weighted by molar-refractivity contribution is 5.76. The topological polar surface area (TPSA) is 29.1 Å². The van der Waals surface area contributed by atoms with Crippen molar-refractivity contribution in [3.63, 3.8) is 0 Å². The predicted molar refractivity (Wildman–Crippen MR) is 109 cm³/mol. The third kappa shape index (κ3) is 11.0. The average molecular weight is 346 g/mol. The van der Waals surface area contributed by atoms with Gasteiger partial charge in [-0.2, -0.15) is 0 Å². The molecule has 0 aliphatic rings. The molecule has 142 valence electrons. The average Bonchev–Trinajstić information content (AvgIpc) is 2.65. The molecule has 1 aromatic carbocycles. The minimum atomic E-state index is 0.154. The third-order valence-corrected chi connectivity index (χ3v) is 4.95. The van der Waals surface area contributed by atoms with E-state index < -0.39 is 0 Å². The molecule has 25 heavy (non-hydrogen) atoms. The van der Waals surface area contributed by atoms with Gasteiger partial charge in [-0.15, -0.1) is 0 Å². The van der Waals surface area contributed by atoms with Crippen LogP contribution in [-0.4, -0.2) is 5.91 Å². The summed E-state index contributed by atoms with van der Waals surface area (Å²) in [6.07, 6.45) is 16.1. The van der Waals surface area contributed by atoms with Gasteiger partial charge in [0.25, 0.3) is 0 Å². The summed E-state index contributed by atoms with van der Waals surface area (Å²) in [5.41, 5.74) is 1.21. The number of benzene rings is 1. The number of unbranched alkanes of at least 4 members (excludes halogenated alkanes) is 10. The van der Waals surface area contributed by atoms with Crippen LogP contribution in [0.2, 0.25) is 0 Å². The molecule has 0 aromatic heterocycles. The first-order chi connectivity index (χ1) is 12.3. The molecular weight excluding hydrogens is 306 g/mol. The number of rotatable bonds is 15. The molecule has 0 heterocycles.